The van der Waals surface area contributed by atoms with Crippen molar-refractivity contribution in [1.29, 1.82) is 5.26 Å². The molecule has 0 atom stereocenters. The molecule has 10 nitrogen and oxygen atoms in total. The summed E-state index contributed by atoms with van der Waals surface area (Å²) < 4.78 is 5.37. The molecule has 0 aliphatic carbocycles. The topological polar surface area (TPSA) is 148 Å². The fraction of sp³-hybridized carbons (Fsp3) is 0.0769. The number of hydrazone groups is 1. The van der Waals surface area contributed by atoms with Crippen molar-refractivity contribution in [2.45, 2.75) is 5.75 Å². The maximum Gasteiger partial charge on any atom is 0.301 e. The summed E-state index contributed by atoms with van der Waals surface area (Å²) in [6.45, 7) is 0. The van der Waals surface area contributed by atoms with Gasteiger partial charge in [-0.2, -0.15) is 10.4 Å². The summed E-state index contributed by atoms with van der Waals surface area (Å²) >= 11 is 1.03. The maximum absolute atomic E-state index is 11.0. The second-order valence-electron chi connectivity index (χ2n) is 4.27. The van der Waals surface area contributed by atoms with Crippen molar-refractivity contribution in [3.8, 4) is 5.40 Å². The van der Waals surface area contributed by atoms with Gasteiger partial charge in [0.2, 0.25) is 0 Å². The highest BCUT2D eigenvalue weighted by Crippen LogP contribution is 2.28. The van der Waals surface area contributed by atoms with E-state index >= 15 is 0 Å². The van der Waals surface area contributed by atoms with Gasteiger partial charge in [-0.1, -0.05) is 0 Å². The molecule has 0 saturated carbocycles. The molecule has 0 amide bonds. The lowest BCUT2D eigenvalue weighted by Gasteiger charge is -2.01. The minimum Gasteiger partial charge on any atom is -0.459 e. The molecule has 1 N–H and O–H groups in total. The molecule has 11 heteroatoms. The van der Waals surface area contributed by atoms with E-state index in [0.717, 1.165) is 23.9 Å². The van der Waals surface area contributed by atoms with E-state index in [1.165, 1.54) is 12.3 Å². The fourth-order valence-corrected chi connectivity index (χ4v) is 2.05. The van der Waals surface area contributed by atoms with Crippen LogP contribution in [0.3, 0.4) is 0 Å². The molecule has 24 heavy (non-hydrogen) atoms. The molecule has 0 fully saturated rings. The van der Waals surface area contributed by atoms with Crippen LogP contribution in [0.4, 0.5) is 17.1 Å². The Balaban J connectivity index is 2.11. The molecule has 1 aromatic carbocycles. The molecule has 0 spiro atoms. The highest BCUT2D eigenvalue weighted by Gasteiger charge is 2.19. The Hall–Kier alpha value is -3.39. The number of hydrogen-bond donors (Lipinski definition) is 1. The Morgan fingerprint density at radius 3 is 2.75 bits per heavy atom. The first-order valence-electron chi connectivity index (χ1n) is 6.32. The van der Waals surface area contributed by atoms with Gasteiger partial charge < -0.3 is 4.42 Å². The maximum atomic E-state index is 11.0. The number of nitrogens with one attached hydrogen (secondary N) is 1. The molecular formula is C13H9N5O5S. The van der Waals surface area contributed by atoms with Crippen molar-refractivity contribution in [3.63, 3.8) is 0 Å². The van der Waals surface area contributed by atoms with Crippen LogP contribution >= 0.6 is 11.8 Å². The SMILES string of the molecule is N#CSCc1ccc(C=NNc2ccc([N+](=O)[O-])cc2[N+](=O)[O-])o1. The Morgan fingerprint density at radius 1 is 1.29 bits per heavy atom. The average Bonchev–Trinajstić information content (AvgIpc) is 3.00. The number of thioether (sulfide) groups is 1. The highest BCUT2D eigenvalue weighted by molar-refractivity contribution is 8.02. The number of hydrogen-bond acceptors (Lipinski definition) is 9. The fourth-order valence-electron chi connectivity index (χ4n) is 1.69. The van der Waals surface area contributed by atoms with Crippen molar-refractivity contribution in [2.75, 3.05) is 5.43 Å². The number of thiocyanates is 1. The van der Waals surface area contributed by atoms with Crippen molar-refractivity contribution < 1.29 is 14.3 Å². The number of rotatable bonds is 7. The van der Waals surface area contributed by atoms with E-state index in [1.54, 1.807) is 12.1 Å². The van der Waals surface area contributed by atoms with Crippen LogP contribution in [-0.2, 0) is 5.75 Å². The zero-order chi connectivity index (χ0) is 17.5. The molecule has 2 rings (SSSR count). The first-order valence-corrected chi connectivity index (χ1v) is 7.31. The lowest BCUT2D eigenvalue weighted by atomic mass is 10.2. The normalized spacial score (nSPS) is 10.5. The van der Waals surface area contributed by atoms with E-state index in [-0.39, 0.29) is 11.4 Å². The van der Waals surface area contributed by atoms with Crippen LogP contribution in [0.25, 0.3) is 0 Å². The van der Waals surface area contributed by atoms with Gasteiger partial charge in [-0.3, -0.25) is 25.7 Å². The summed E-state index contributed by atoms with van der Waals surface area (Å²) in [4.78, 5) is 20.2. The molecule has 0 unspecified atom stereocenters. The molecule has 0 saturated heterocycles. The summed E-state index contributed by atoms with van der Waals surface area (Å²) in [6.07, 6.45) is 1.30. The van der Waals surface area contributed by atoms with Crippen molar-refractivity contribution in [2.24, 2.45) is 5.10 Å². The van der Waals surface area contributed by atoms with Crippen LogP contribution in [0.2, 0.25) is 0 Å². The van der Waals surface area contributed by atoms with Gasteiger partial charge >= 0.3 is 5.69 Å². The standard InChI is InChI=1S/C13H9N5O5S/c14-8-24-7-11-3-2-10(23-11)6-15-16-12-4-1-9(17(19)20)5-13(12)18(21)22/h1-6,16H,7H2. The van der Waals surface area contributed by atoms with Crippen molar-refractivity contribution in [3.05, 3.63) is 62.1 Å². The first-order chi connectivity index (χ1) is 11.5. The van der Waals surface area contributed by atoms with Gasteiger partial charge in [0.1, 0.15) is 22.6 Å². The predicted molar refractivity (Wildman–Crippen MR) is 86.6 cm³/mol. The van der Waals surface area contributed by atoms with Crippen LogP contribution in [-0.4, -0.2) is 16.1 Å². The van der Waals surface area contributed by atoms with E-state index in [0.29, 0.717) is 17.3 Å². The Bertz CT molecular complexity index is 842. The quantitative estimate of drug-likeness (QED) is 0.347. The Kier molecular flexibility index (Phi) is 5.48. The number of nitrogens with zero attached hydrogens (tertiary/aromatic N) is 4. The van der Waals surface area contributed by atoms with Crippen molar-refractivity contribution >= 4 is 35.0 Å². The van der Waals surface area contributed by atoms with Crippen LogP contribution in [0.5, 0.6) is 0 Å². The highest BCUT2D eigenvalue weighted by atomic mass is 32.2. The van der Waals surface area contributed by atoms with E-state index in [4.69, 9.17) is 9.68 Å². The van der Waals surface area contributed by atoms with Gasteiger partial charge in [0, 0.05) is 6.07 Å². The van der Waals surface area contributed by atoms with Crippen LogP contribution < -0.4 is 5.43 Å². The lowest BCUT2D eigenvalue weighted by Crippen LogP contribution is -1.98. The number of anilines is 1. The number of nitro groups is 2. The molecular weight excluding hydrogens is 338 g/mol. The van der Waals surface area contributed by atoms with E-state index in [1.807, 2.05) is 5.40 Å². The van der Waals surface area contributed by atoms with Crippen LogP contribution in [0, 0.1) is 30.9 Å². The summed E-state index contributed by atoms with van der Waals surface area (Å²) in [7, 11) is 0. The Morgan fingerprint density at radius 2 is 2.08 bits per heavy atom. The lowest BCUT2D eigenvalue weighted by molar-refractivity contribution is -0.393. The second kappa shape index (κ2) is 7.75. The molecule has 1 aromatic heterocycles. The molecule has 122 valence electrons. The monoisotopic (exact) mass is 347 g/mol. The summed E-state index contributed by atoms with van der Waals surface area (Å²) in [5.41, 5.74) is 1.60. The van der Waals surface area contributed by atoms with Gasteiger partial charge in [-0.05, 0) is 30.0 Å². The Labute approximate surface area is 139 Å². The zero-order valence-electron chi connectivity index (χ0n) is 11.9. The van der Waals surface area contributed by atoms with Gasteiger partial charge in [0.05, 0.1) is 27.9 Å². The molecule has 1 heterocycles. The smallest absolute Gasteiger partial charge is 0.301 e. The second-order valence-corrected chi connectivity index (χ2v) is 5.03. The van der Waals surface area contributed by atoms with Crippen LogP contribution in [0.1, 0.15) is 11.5 Å². The van der Waals surface area contributed by atoms with Crippen LogP contribution in [0.15, 0.2) is 39.9 Å². The molecule has 0 radical (unpaired) electrons. The van der Waals surface area contributed by atoms with Gasteiger partial charge in [-0.25, -0.2) is 0 Å². The average molecular weight is 347 g/mol. The number of non-ortho nitro benzene ring substituents is 1. The summed E-state index contributed by atoms with van der Waals surface area (Å²) in [5, 5.41) is 35.8. The molecule has 0 aliphatic heterocycles. The first kappa shape index (κ1) is 17.0. The van der Waals surface area contributed by atoms with Crippen molar-refractivity contribution in [1.82, 2.24) is 0 Å². The molecule has 2 aromatic rings. The van der Waals surface area contributed by atoms with Gasteiger partial charge in [0.25, 0.3) is 5.69 Å². The summed E-state index contributed by atoms with van der Waals surface area (Å²) in [5.74, 6) is 1.37. The number of furan rings is 1. The third kappa shape index (κ3) is 4.31. The number of nitro benzene ring substituents is 2. The minimum atomic E-state index is -0.741. The third-order valence-electron chi connectivity index (χ3n) is 2.73. The van der Waals surface area contributed by atoms with E-state index in [9.17, 15) is 20.2 Å². The van der Waals surface area contributed by atoms with E-state index < -0.39 is 15.5 Å². The van der Waals surface area contributed by atoms with Gasteiger partial charge in [0.15, 0.2) is 0 Å². The summed E-state index contributed by atoms with van der Waals surface area (Å²) in [6, 6.07) is 6.49. The minimum absolute atomic E-state index is 0.00802. The molecule has 0 aliphatic rings. The van der Waals surface area contributed by atoms with Gasteiger partial charge in [-0.15, -0.1) is 0 Å². The third-order valence-corrected chi connectivity index (χ3v) is 3.28. The number of benzene rings is 1. The van der Waals surface area contributed by atoms with E-state index in [2.05, 4.69) is 10.5 Å². The largest absolute Gasteiger partial charge is 0.459 e. The zero-order valence-corrected chi connectivity index (χ0v) is 12.7. The predicted octanol–water partition coefficient (Wildman–Crippen LogP) is 3.26. The number of nitriles is 1. The molecule has 0 bridgehead atoms.